The molecule has 1 aliphatic carbocycles. The number of likely N-dealkylation sites (N-methyl/N-ethyl adjacent to an activating group) is 1. The third-order valence-corrected chi connectivity index (χ3v) is 6.94. The van der Waals surface area contributed by atoms with Gasteiger partial charge in [-0.3, -0.25) is 23.9 Å². The van der Waals surface area contributed by atoms with Gasteiger partial charge >= 0.3 is 0 Å². The molecule has 0 saturated carbocycles. The average Bonchev–Trinajstić information content (AvgIpc) is 3.15. The van der Waals surface area contributed by atoms with Crippen molar-refractivity contribution < 1.29 is 23.9 Å². The van der Waals surface area contributed by atoms with E-state index in [1.54, 1.807) is 11.7 Å². The van der Waals surface area contributed by atoms with Crippen LogP contribution in [0.5, 0.6) is 0 Å². The van der Waals surface area contributed by atoms with Crippen LogP contribution in [0.1, 0.15) is 54.9 Å². The molecular weight excluding hydrogens is 464 g/mol. The van der Waals surface area contributed by atoms with Gasteiger partial charge in [0.2, 0.25) is 17.7 Å². The van der Waals surface area contributed by atoms with Crippen LogP contribution >= 0.6 is 0 Å². The predicted octanol–water partition coefficient (Wildman–Crippen LogP) is 0.219. The van der Waals surface area contributed by atoms with Gasteiger partial charge in [0.15, 0.2) is 5.69 Å². The number of methoxy groups -OCH3 is 1. The minimum Gasteiger partial charge on any atom is -0.375 e. The number of hydrogen-bond donors (Lipinski definition) is 1. The van der Waals surface area contributed by atoms with Crippen molar-refractivity contribution >= 4 is 23.6 Å². The van der Waals surface area contributed by atoms with E-state index in [4.69, 9.17) is 4.74 Å². The standard InChI is InChI=1S/C25H40N6O5/c1-17(2)9-12-31-18-7-8-20-19(13-18)24(27-29(20)4)25(35)28(3)14-21(32)26-10-6-11-30(15-22(31)33)23(34)16-36-5/h17-18H,6-16H2,1-5H3,(H,26,32). The molecule has 1 aliphatic heterocycles. The zero-order valence-corrected chi connectivity index (χ0v) is 22.2. The van der Waals surface area contributed by atoms with Crippen LogP contribution in [0.15, 0.2) is 0 Å². The highest BCUT2D eigenvalue weighted by Crippen LogP contribution is 2.28. The van der Waals surface area contributed by atoms with Crippen LogP contribution in [0.2, 0.25) is 0 Å². The molecule has 11 heteroatoms. The van der Waals surface area contributed by atoms with Crippen LogP contribution in [0.4, 0.5) is 0 Å². The van der Waals surface area contributed by atoms with Crippen LogP contribution in [0.25, 0.3) is 0 Å². The second-order valence-electron chi connectivity index (χ2n) is 10.2. The van der Waals surface area contributed by atoms with E-state index in [-0.39, 0.29) is 49.4 Å². The lowest BCUT2D eigenvalue weighted by atomic mass is 9.89. The molecule has 1 unspecified atom stereocenters. The number of carbonyl (C=O) groups is 4. The molecule has 1 atom stereocenters. The highest BCUT2D eigenvalue weighted by atomic mass is 16.5. The van der Waals surface area contributed by atoms with Crippen molar-refractivity contribution in [1.29, 1.82) is 0 Å². The molecule has 2 aliphatic rings. The summed E-state index contributed by atoms with van der Waals surface area (Å²) in [7, 11) is 4.87. The Morgan fingerprint density at radius 2 is 1.94 bits per heavy atom. The maximum Gasteiger partial charge on any atom is 0.274 e. The van der Waals surface area contributed by atoms with Crippen molar-refractivity contribution in [2.75, 3.05) is 53.5 Å². The number of fused-ring (bicyclic) bond motifs is 1. The Kier molecular flexibility index (Phi) is 9.47. The topological polar surface area (TPSA) is 117 Å². The van der Waals surface area contributed by atoms with E-state index in [2.05, 4.69) is 24.3 Å². The Hall–Kier alpha value is -2.95. The highest BCUT2D eigenvalue weighted by molar-refractivity contribution is 5.96. The summed E-state index contributed by atoms with van der Waals surface area (Å²) in [5, 5.41) is 7.30. The molecule has 3 rings (SSSR count). The summed E-state index contributed by atoms with van der Waals surface area (Å²) in [5.74, 6) is -0.541. The predicted molar refractivity (Wildman–Crippen MR) is 133 cm³/mol. The number of hydrogen-bond acceptors (Lipinski definition) is 6. The molecule has 1 aromatic rings. The summed E-state index contributed by atoms with van der Waals surface area (Å²) in [6, 6.07) is -0.0969. The molecule has 0 fully saturated rings. The number of nitrogens with one attached hydrogen (secondary N) is 1. The van der Waals surface area contributed by atoms with Gasteiger partial charge in [-0.25, -0.2) is 0 Å². The summed E-state index contributed by atoms with van der Waals surface area (Å²) in [5.41, 5.74) is 2.17. The third-order valence-electron chi connectivity index (χ3n) is 6.94. The van der Waals surface area contributed by atoms with E-state index in [1.807, 2.05) is 11.9 Å². The molecule has 0 spiro atoms. The zero-order valence-electron chi connectivity index (χ0n) is 22.2. The average molecular weight is 505 g/mol. The fraction of sp³-hybridized carbons (Fsp3) is 0.720. The molecule has 4 amide bonds. The maximum absolute atomic E-state index is 13.6. The number of aromatic nitrogens is 2. The van der Waals surface area contributed by atoms with Crippen molar-refractivity contribution in [2.45, 2.75) is 52.0 Å². The number of amides is 4. The van der Waals surface area contributed by atoms with Gasteiger partial charge in [0, 0.05) is 58.1 Å². The normalized spacial score (nSPS) is 20.2. The number of nitrogens with zero attached hydrogens (tertiary/aromatic N) is 5. The van der Waals surface area contributed by atoms with Gasteiger partial charge in [-0.1, -0.05) is 13.8 Å². The number of carbonyl (C=O) groups excluding carboxylic acids is 4. The van der Waals surface area contributed by atoms with Gasteiger partial charge in [-0.2, -0.15) is 5.10 Å². The monoisotopic (exact) mass is 504 g/mol. The maximum atomic E-state index is 13.6. The Morgan fingerprint density at radius 1 is 1.19 bits per heavy atom. The van der Waals surface area contributed by atoms with Gasteiger partial charge in [-0.05, 0) is 38.0 Å². The van der Waals surface area contributed by atoms with Crippen molar-refractivity contribution in [1.82, 2.24) is 29.8 Å². The molecule has 0 saturated heterocycles. The second kappa shape index (κ2) is 12.3. The molecule has 2 heterocycles. The van der Waals surface area contributed by atoms with Gasteiger partial charge < -0.3 is 24.8 Å². The molecule has 200 valence electrons. The summed E-state index contributed by atoms with van der Waals surface area (Å²) in [6.07, 6.45) is 3.29. The summed E-state index contributed by atoms with van der Waals surface area (Å²) < 4.78 is 6.78. The van der Waals surface area contributed by atoms with Gasteiger partial charge in [0.25, 0.3) is 5.91 Å². The largest absolute Gasteiger partial charge is 0.375 e. The molecule has 11 nitrogen and oxygen atoms in total. The quantitative estimate of drug-likeness (QED) is 0.613. The lowest BCUT2D eigenvalue weighted by molar-refractivity contribution is -0.144. The van der Waals surface area contributed by atoms with Crippen molar-refractivity contribution in [2.24, 2.45) is 13.0 Å². The van der Waals surface area contributed by atoms with Gasteiger partial charge in [0.1, 0.15) is 6.61 Å². The summed E-state index contributed by atoms with van der Waals surface area (Å²) >= 11 is 0. The fourth-order valence-corrected chi connectivity index (χ4v) is 4.90. The van der Waals surface area contributed by atoms with Gasteiger partial charge in [0.05, 0.1) is 13.1 Å². The Labute approximate surface area is 213 Å². The van der Waals surface area contributed by atoms with Crippen molar-refractivity contribution in [3.05, 3.63) is 17.0 Å². The Bertz CT molecular complexity index is 974. The second-order valence-corrected chi connectivity index (χ2v) is 10.2. The van der Waals surface area contributed by atoms with Crippen LogP contribution in [-0.2, 0) is 39.0 Å². The molecule has 1 N–H and O–H groups in total. The first kappa shape index (κ1) is 27.6. The first-order chi connectivity index (χ1) is 17.1. The van der Waals surface area contributed by atoms with Crippen LogP contribution in [0, 0.1) is 5.92 Å². The SMILES string of the molecule is COCC(=O)N1CCCNC(=O)CN(C)C(=O)c2nn(C)c3c2CC(CC3)N(CCC(C)C)C(=O)C1. The van der Waals surface area contributed by atoms with Crippen LogP contribution in [0.3, 0.4) is 0 Å². The van der Waals surface area contributed by atoms with E-state index in [9.17, 15) is 19.2 Å². The fourth-order valence-electron chi connectivity index (χ4n) is 4.90. The number of aryl methyl sites for hydroxylation is 1. The lowest BCUT2D eigenvalue weighted by Crippen LogP contribution is -2.50. The van der Waals surface area contributed by atoms with E-state index in [0.717, 1.165) is 24.1 Å². The van der Waals surface area contributed by atoms with E-state index in [0.29, 0.717) is 50.5 Å². The third kappa shape index (κ3) is 6.63. The smallest absolute Gasteiger partial charge is 0.274 e. The van der Waals surface area contributed by atoms with Crippen LogP contribution in [-0.4, -0.2) is 108 Å². The van der Waals surface area contributed by atoms with E-state index >= 15 is 0 Å². The molecule has 36 heavy (non-hydrogen) atoms. The lowest BCUT2D eigenvalue weighted by Gasteiger charge is -2.36. The Balaban J connectivity index is 1.97. The molecule has 2 bridgehead atoms. The van der Waals surface area contributed by atoms with Crippen molar-refractivity contribution in [3.63, 3.8) is 0 Å². The zero-order chi connectivity index (χ0) is 26.4. The number of rotatable bonds is 5. The van der Waals surface area contributed by atoms with Crippen LogP contribution < -0.4 is 5.32 Å². The minimum absolute atomic E-state index is 0.0425. The minimum atomic E-state index is -0.300. The molecule has 1 aromatic heterocycles. The van der Waals surface area contributed by atoms with E-state index in [1.165, 1.54) is 16.9 Å². The first-order valence-corrected chi connectivity index (χ1v) is 12.7. The summed E-state index contributed by atoms with van der Waals surface area (Å²) in [6.45, 7) is 5.24. The van der Waals surface area contributed by atoms with Gasteiger partial charge in [-0.15, -0.1) is 0 Å². The summed E-state index contributed by atoms with van der Waals surface area (Å²) in [4.78, 5) is 56.8. The molecule has 0 radical (unpaired) electrons. The highest BCUT2D eigenvalue weighted by Gasteiger charge is 2.35. The Morgan fingerprint density at radius 3 is 2.64 bits per heavy atom. The number of ether oxygens (including phenoxy) is 1. The van der Waals surface area contributed by atoms with Crippen molar-refractivity contribution in [3.8, 4) is 0 Å². The molecular formula is C25H40N6O5. The molecule has 0 aromatic carbocycles. The van der Waals surface area contributed by atoms with E-state index < -0.39 is 0 Å². The first-order valence-electron chi connectivity index (χ1n) is 12.7.